The predicted molar refractivity (Wildman–Crippen MR) is 107 cm³/mol. The maximum atomic E-state index is 11.0. The average molecular weight is 345 g/mol. The number of nitrogens with two attached hydrogens (primary N) is 1. The second-order valence-corrected chi connectivity index (χ2v) is 6.19. The van der Waals surface area contributed by atoms with Crippen LogP contribution < -0.4 is 16.0 Å². The topological polar surface area (TPSA) is 67.6 Å². The number of ether oxygens (including phenoxy) is 1. The van der Waals surface area contributed by atoms with Crippen LogP contribution in [0.25, 0.3) is 0 Å². The van der Waals surface area contributed by atoms with E-state index in [2.05, 4.69) is 43.3 Å². The van der Waals surface area contributed by atoms with Gasteiger partial charge < -0.3 is 20.7 Å². The molecule has 0 radical (unpaired) electrons. The van der Waals surface area contributed by atoms with Gasteiger partial charge in [-0.05, 0) is 44.9 Å². The quantitative estimate of drug-likeness (QED) is 0.466. The van der Waals surface area contributed by atoms with E-state index in [9.17, 15) is 4.79 Å². The summed E-state index contributed by atoms with van der Waals surface area (Å²) in [5.74, 6) is 0.623. The predicted octanol–water partition coefficient (Wildman–Crippen LogP) is 4.11. The zero-order valence-corrected chi connectivity index (χ0v) is 15.9. The Balaban J connectivity index is 2.94. The first-order chi connectivity index (χ1) is 11.8. The number of carbonyl (C=O) groups excluding carboxylic acids is 1. The van der Waals surface area contributed by atoms with Crippen LogP contribution >= 0.6 is 0 Å². The summed E-state index contributed by atoms with van der Waals surface area (Å²) in [6.45, 7) is 17.1. The Morgan fingerprint density at radius 1 is 1.28 bits per heavy atom. The summed E-state index contributed by atoms with van der Waals surface area (Å²) in [5.41, 5.74) is 10.9. The lowest BCUT2D eigenvalue weighted by molar-refractivity contribution is -0.120. The van der Waals surface area contributed by atoms with Crippen molar-refractivity contribution in [3.63, 3.8) is 0 Å². The van der Waals surface area contributed by atoms with Crippen LogP contribution in [0.15, 0.2) is 36.7 Å². The highest BCUT2D eigenvalue weighted by Gasteiger charge is 2.13. The number of hydrogen-bond donors (Lipinski definition) is 2. The third-order valence-electron chi connectivity index (χ3n) is 3.84. The fourth-order valence-corrected chi connectivity index (χ4v) is 2.55. The van der Waals surface area contributed by atoms with Gasteiger partial charge in [0.15, 0.2) is 5.78 Å². The Morgan fingerprint density at radius 3 is 2.48 bits per heavy atom. The maximum absolute atomic E-state index is 11.0. The van der Waals surface area contributed by atoms with Crippen molar-refractivity contribution in [3.05, 3.63) is 42.3 Å². The number of allylic oxidation sites excluding steroid dienone is 1. The van der Waals surface area contributed by atoms with Crippen LogP contribution in [0, 0.1) is 0 Å². The molecule has 0 unspecified atom stereocenters. The van der Waals surface area contributed by atoms with Crippen LogP contribution in [0.4, 0.5) is 17.1 Å². The van der Waals surface area contributed by atoms with Gasteiger partial charge in [0.2, 0.25) is 0 Å². The molecule has 0 saturated carbocycles. The number of benzene rings is 1. The summed E-state index contributed by atoms with van der Waals surface area (Å²) in [6, 6.07) is 4.09. The van der Waals surface area contributed by atoms with Gasteiger partial charge in [0.05, 0.1) is 17.1 Å². The summed E-state index contributed by atoms with van der Waals surface area (Å²) in [7, 11) is 0. The van der Waals surface area contributed by atoms with Gasteiger partial charge in [-0.2, -0.15) is 0 Å². The van der Waals surface area contributed by atoms with E-state index in [1.165, 1.54) is 12.5 Å². The van der Waals surface area contributed by atoms with Gasteiger partial charge in [-0.1, -0.05) is 20.1 Å². The fourth-order valence-electron chi connectivity index (χ4n) is 2.55. The van der Waals surface area contributed by atoms with E-state index >= 15 is 0 Å². The number of nitrogens with zero attached hydrogens (tertiary/aromatic N) is 1. The van der Waals surface area contributed by atoms with E-state index < -0.39 is 0 Å². The lowest BCUT2D eigenvalue weighted by atomic mass is 10.1. The van der Waals surface area contributed by atoms with E-state index in [0.29, 0.717) is 17.9 Å². The molecule has 0 heterocycles. The van der Waals surface area contributed by atoms with Crippen LogP contribution in [0.2, 0.25) is 0 Å². The molecule has 0 atom stereocenters. The first-order valence-electron chi connectivity index (χ1n) is 8.68. The minimum Gasteiger partial charge on any atom is -0.491 e. The summed E-state index contributed by atoms with van der Waals surface area (Å²) in [4.78, 5) is 13.3. The Bertz CT molecular complexity index is 638. The Morgan fingerprint density at radius 2 is 1.96 bits per heavy atom. The van der Waals surface area contributed by atoms with Crippen molar-refractivity contribution in [2.24, 2.45) is 0 Å². The molecule has 25 heavy (non-hydrogen) atoms. The monoisotopic (exact) mass is 345 g/mol. The summed E-state index contributed by atoms with van der Waals surface area (Å²) >= 11 is 0. The number of ketones is 1. The molecular weight excluding hydrogens is 314 g/mol. The highest BCUT2D eigenvalue weighted by Crippen LogP contribution is 2.31. The van der Waals surface area contributed by atoms with Gasteiger partial charge in [-0.25, -0.2) is 0 Å². The van der Waals surface area contributed by atoms with Gasteiger partial charge in [0.1, 0.15) is 6.61 Å². The molecule has 5 heteroatoms. The zero-order valence-electron chi connectivity index (χ0n) is 15.9. The number of hydrogen-bond acceptors (Lipinski definition) is 5. The van der Waals surface area contributed by atoms with E-state index in [1.54, 1.807) is 0 Å². The molecule has 0 amide bonds. The molecule has 0 saturated heterocycles. The first kappa shape index (κ1) is 20.6. The molecule has 1 rings (SSSR count). The van der Waals surface area contributed by atoms with Crippen molar-refractivity contribution in [2.75, 3.05) is 35.6 Å². The second kappa shape index (κ2) is 9.77. The normalized spacial score (nSPS) is 10.2. The highest BCUT2D eigenvalue weighted by atomic mass is 16.5. The van der Waals surface area contributed by atoms with E-state index in [4.69, 9.17) is 10.5 Å². The van der Waals surface area contributed by atoms with Gasteiger partial charge >= 0.3 is 0 Å². The molecule has 0 bridgehead atoms. The Hall–Kier alpha value is -2.43. The van der Waals surface area contributed by atoms with E-state index in [0.717, 1.165) is 36.6 Å². The fraction of sp³-hybridized carbons (Fsp3) is 0.450. The second-order valence-electron chi connectivity index (χ2n) is 6.19. The van der Waals surface area contributed by atoms with E-state index in [-0.39, 0.29) is 12.4 Å². The molecule has 0 spiro atoms. The number of nitrogens with one attached hydrogen (secondary N) is 1. The van der Waals surface area contributed by atoms with Gasteiger partial charge in [-0.15, -0.1) is 0 Å². The van der Waals surface area contributed by atoms with Crippen molar-refractivity contribution in [2.45, 2.75) is 40.5 Å². The van der Waals surface area contributed by atoms with Crippen LogP contribution in [-0.4, -0.2) is 25.5 Å². The molecule has 5 nitrogen and oxygen atoms in total. The molecule has 0 aliphatic carbocycles. The summed E-state index contributed by atoms with van der Waals surface area (Å²) in [5, 5.41) is 3.22. The number of aryl methyl sites for hydroxylation is 1. The molecule has 0 aliphatic rings. The van der Waals surface area contributed by atoms with Crippen LogP contribution in [0.5, 0.6) is 0 Å². The third kappa shape index (κ3) is 6.53. The smallest absolute Gasteiger partial charge is 0.167 e. The van der Waals surface area contributed by atoms with Crippen molar-refractivity contribution in [3.8, 4) is 0 Å². The number of rotatable bonds is 11. The van der Waals surface area contributed by atoms with Crippen LogP contribution in [-0.2, 0) is 16.0 Å². The van der Waals surface area contributed by atoms with E-state index in [1.807, 2.05) is 13.0 Å². The molecule has 1 aromatic rings. The van der Waals surface area contributed by atoms with Crippen molar-refractivity contribution in [1.29, 1.82) is 0 Å². The molecule has 0 aromatic heterocycles. The van der Waals surface area contributed by atoms with Gasteiger partial charge in [-0.3, -0.25) is 4.79 Å². The summed E-state index contributed by atoms with van der Waals surface area (Å²) < 4.78 is 5.37. The highest BCUT2D eigenvalue weighted by molar-refractivity contribution is 5.77. The number of nitrogen functional groups attached to an aromatic ring is 1. The number of Topliss-reactive ketones (excluding diaryl/α,β-unsaturated/α-hetero) is 1. The molecule has 1 aromatic carbocycles. The minimum absolute atomic E-state index is 0.00388. The Labute approximate surface area is 151 Å². The minimum atomic E-state index is -0.00388. The summed E-state index contributed by atoms with van der Waals surface area (Å²) in [6.07, 6.45) is 1.56. The van der Waals surface area contributed by atoms with Gasteiger partial charge in [0.25, 0.3) is 0 Å². The first-order valence-corrected chi connectivity index (χ1v) is 8.68. The van der Waals surface area contributed by atoms with Crippen LogP contribution in [0.1, 0.15) is 39.7 Å². The van der Waals surface area contributed by atoms with Gasteiger partial charge in [0, 0.05) is 30.9 Å². The molecule has 0 fully saturated rings. The molecular formula is C20H31N3O2. The van der Waals surface area contributed by atoms with Crippen LogP contribution in [0.3, 0.4) is 0 Å². The van der Waals surface area contributed by atoms with Crippen molar-refractivity contribution < 1.29 is 9.53 Å². The third-order valence-corrected chi connectivity index (χ3v) is 3.84. The SMILES string of the molecule is C=C(C)Nc1cc(N(CC)CCC(=C)OCC(C)=O)c(CC)cc1N. The standard InChI is InChI=1S/C20H31N3O2/c1-7-17-11-18(21)19(22-14(3)4)12-20(17)23(8-2)10-9-16(6)25-13-15(5)24/h11-12,22H,3,6-10,13,21H2,1-2,4-5H3. The largest absolute Gasteiger partial charge is 0.491 e. The molecule has 0 aliphatic heterocycles. The number of carbonyl (C=O) groups is 1. The Kier molecular flexibility index (Phi) is 8.05. The lowest BCUT2D eigenvalue weighted by Gasteiger charge is -2.27. The maximum Gasteiger partial charge on any atom is 0.167 e. The number of anilines is 3. The molecule has 3 N–H and O–H groups in total. The molecule has 138 valence electrons. The average Bonchev–Trinajstić information content (AvgIpc) is 2.55. The van der Waals surface area contributed by atoms with Crippen molar-refractivity contribution in [1.82, 2.24) is 0 Å². The zero-order chi connectivity index (χ0) is 19.0. The van der Waals surface area contributed by atoms with Crippen molar-refractivity contribution >= 4 is 22.8 Å². The lowest BCUT2D eigenvalue weighted by Crippen LogP contribution is -2.26.